The van der Waals surface area contributed by atoms with Crippen molar-refractivity contribution in [1.29, 1.82) is 0 Å². The molecule has 0 fully saturated rings. The zero-order chi connectivity index (χ0) is 107. The molecule has 2 aromatic rings. The second-order valence-electron chi connectivity index (χ2n) is 37.0. The van der Waals surface area contributed by atoms with Crippen molar-refractivity contribution >= 4 is 130 Å². The first kappa shape index (κ1) is 125. The van der Waals surface area contributed by atoms with Crippen LogP contribution in [0.5, 0.6) is 0 Å². The average molecular weight is 2010 g/mol. The highest BCUT2D eigenvalue weighted by Crippen LogP contribution is 2.18. The minimum atomic E-state index is -1.94. The summed E-state index contributed by atoms with van der Waals surface area (Å²) in [6, 6.07) is -9.88. The molecule has 0 radical (unpaired) electrons. The predicted molar refractivity (Wildman–Crippen MR) is 518 cm³/mol. The Labute approximate surface area is 826 Å². The largest absolute Gasteiger partial charge is 0.481 e. The maximum absolute atomic E-state index is 14.6. The van der Waals surface area contributed by atoms with E-state index in [1.165, 1.54) is 27.7 Å². The molecule has 0 unspecified atom stereocenters. The molecule has 0 spiro atoms. The molecule has 49 heteroatoms. The number of carbonyl (C=O) groups is 22. The fraction of sp³-hybridized carbons (Fsp3) is 0.634. The Bertz CT molecular complexity index is 4550. The maximum Gasteiger partial charge on any atom is 0.305 e. The second-order valence-corrected chi connectivity index (χ2v) is 37.0. The molecular formula is C93H152N24O25. The highest BCUT2D eigenvalue weighted by molar-refractivity contribution is 6.03. The average Bonchev–Trinajstić information content (AvgIpc) is 0.837. The quantitative estimate of drug-likeness (QED) is 0.0274. The third-order valence-corrected chi connectivity index (χ3v) is 22.3. The van der Waals surface area contributed by atoms with E-state index >= 15 is 0 Å². The molecule has 0 saturated carbocycles. The number of aliphatic hydroxyl groups is 1. The second kappa shape index (κ2) is 64.8. The van der Waals surface area contributed by atoms with Crippen LogP contribution in [0.2, 0.25) is 0 Å². The molecule has 33 N–H and O–H groups in total. The van der Waals surface area contributed by atoms with Crippen LogP contribution >= 0.6 is 0 Å². The number of benzene rings is 2. The molecule has 49 nitrogen and oxygen atoms in total. The van der Waals surface area contributed by atoms with Crippen molar-refractivity contribution in [3.8, 4) is 0 Å². The molecule has 0 saturated heterocycles. The summed E-state index contributed by atoms with van der Waals surface area (Å²) in [5, 5.41) is 74.4. The zero-order valence-corrected chi connectivity index (χ0v) is 83.4. The normalized spacial score (nSPS) is 14.9. The maximum atomic E-state index is 14.6. The Morgan fingerprint density at radius 3 is 0.923 bits per heavy atom. The molecule has 142 heavy (non-hydrogen) atoms. The van der Waals surface area contributed by atoms with Crippen LogP contribution in [-0.2, 0) is 118 Å². The summed E-state index contributed by atoms with van der Waals surface area (Å²) in [6.07, 6.45) is -1.98. The molecule has 17 atom stereocenters. The number of nitrogens with two attached hydrogens (primary N) is 6. The van der Waals surface area contributed by atoms with E-state index in [1.54, 1.807) is 130 Å². The summed E-state index contributed by atoms with van der Waals surface area (Å²) in [6.45, 7) is 20.1. The van der Waals surface area contributed by atoms with Gasteiger partial charge in [0.05, 0.1) is 39.0 Å². The molecule has 2 rings (SSSR count). The lowest BCUT2D eigenvalue weighted by molar-refractivity contribution is -0.142. The van der Waals surface area contributed by atoms with Crippen LogP contribution in [0.25, 0.3) is 0 Å². The van der Waals surface area contributed by atoms with E-state index in [-0.39, 0.29) is 83.3 Å². The number of carboxylic acids is 2. The van der Waals surface area contributed by atoms with Crippen LogP contribution in [0.1, 0.15) is 198 Å². The van der Waals surface area contributed by atoms with Crippen molar-refractivity contribution < 1.29 is 121 Å². The van der Waals surface area contributed by atoms with Gasteiger partial charge in [0.25, 0.3) is 0 Å². The standard InChI is InChI=1S/C93H152N24O25/c1-47(2)37-60(104-69(120)44-97)83(132)102-53(13)78(127)107-65(42-71(122)123)87(136)109-62(39-55-27-17-15-18-28-55)85(134)108-61(38-48(3)4)84(133)111-64(41-68(98)119)86(135)105-58(32-22-25-35-95)80(129)101-54(14)79(128)114-73(49(5)6)90(139)100-45-70(121)103-57(31-21-24-34-94)82(131)115-76(52(11)12)93(142)117-75(51(9)10)92(141)112-66(43-72(124)125)88(137)110-63(40-56-29-19-16-20-30-56)89(138)116-74(50(7)8)91(140)106-59(33-23-26-36-96)81(130)113-67(46-118)77(99)126/h15-20,27-30,47-54,57-67,73-76,118H,21-26,31-46,94-97H2,1-14H3,(H2,98,119)(H2,99,126)(H,100,139)(H,101,129)(H,102,132)(H,103,121)(H,104,120)(H,105,135)(H,106,140)(H,107,127)(H,108,134)(H,109,136)(H,110,137)(H,111,133)(H,112,141)(H,113,130)(H,114,128)(H,115,131)(H,116,138)(H,117,142)(H,122,123)(H,124,125)/t53-,54-,57-,58-,59-,60-,61-,62-,63-,64-,65-,66-,67-,73-,74-,75-,76-/m0/s1. The number of amides is 20. The lowest BCUT2D eigenvalue weighted by Gasteiger charge is -2.30. The molecule has 0 aromatic heterocycles. The van der Waals surface area contributed by atoms with Crippen LogP contribution in [0.4, 0.5) is 0 Å². The number of carbonyl (C=O) groups excluding carboxylic acids is 20. The Kier molecular flexibility index (Phi) is 56.9. The number of carboxylic acid groups (broad SMARTS) is 2. The molecule has 20 amide bonds. The molecule has 0 aliphatic heterocycles. The van der Waals surface area contributed by atoms with Crippen LogP contribution < -0.4 is 130 Å². The van der Waals surface area contributed by atoms with Gasteiger partial charge in [-0.2, -0.15) is 0 Å². The van der Waals surface area contributed by atoms with E-state index in [1.807, 2.05) is 0 Å². The number of primary amides is 2. The van der Waals surface area contributed by atoms with Crippen LogP contribution in [-0.4, -0.2) is 287 Å². The first-order valence-corrected chi connectivity index (χ1v) is 47.7. The fourth-order valence-corrected chi connectivity index (χ4v) is 14.4. The van der Waals surface area contributed by atoms with Crippen molar-refractivity contribution in [3.05, 3.63) is 71.8 Å². The highest BCUT2D eigenvalue weighted by Gasteiger charge is 2.42. The van der Waals surface area contributed by atoms with Crippen LogP contribution in [0, 0.1) is 35.5 Å². The van der Waals surface area contributed by atoms with Crippen molar-refractivity contribution in [2.45, 2.75) is 302 Å². The van der Waals surface area contributed by atoms with E-state index in [0.29, 0.717) is 36.8 Å². The molecule has 0 bridgehead atoms. The number of aliphatic carboxylic acids is 2. The SMILES string of the molecule is CC(C)C[C@H](NC(=O)CN)C(=O)N[C@@H](C)C(=O)N[C@@H](CC(=O)O)C(=O)N[C@@H](Cc1ccccc1)C(=O)N[C@@H](CC(C)C)C(=O)N[C@@H](CC(N)=O)C(=O)N[C@@H](CCCCN)C(=O)N[C@@H](C)C(=O)N[C@H](C(=O)NCC(=O)N[C@@H](CCCCN)C(=O)N[C@H](C(=O)N[C@H](C(=O)N[C@@H](CC(=O)O)C(=O)N[C@@H](Cc1ccccc1)C(=O)N[C@H](C(=O)N[C@@H](CCCCN)C(=O)N[C@@H](CO)C(N)=O)C(C)C)C(C)C)C(C)C)C(C)C. The first-order chi connectivity index (χ1) is 66.7. The van der Waals surface area contributed by atoms with Gasteiger partial charge < -0.3 is 145 Å². The van der Waals surface area contributed by atoms with E-state index in [9.17, 15) is 121 Å². The molecule has 0 aliphatic rings. The summed E-state index contributed by atoms with van der Waals surface area (Å²) in [5.74, 6) is -26.5. The van der Waals surface area contributed by atoms with Gasteiger partial charge in [-0.25, -0.2) is 0 Å². The first-order valence-electron chi connectivity index (χ1n) is 47.7. The minimum Gasteiger partial charge on any atom is -0.481 e. The van der Waals surface area contributed by atoms with Crippen molar-refractivity contribution in [2.75, 3.05) is 39.3 Å². The van der Waals surface area contributed by atoms with Gasteiger partial charge in [0.1, 0.15) is 103 Å². The highest BCUT2D eigenvalue weighted by atomic mass is 16.4. The number of rotatable bonds is 68. The van der Waals surface area contributed by atoms with E-state index in [2.05, 4.69) is 95.7 Å². The molecule has 0 heterocycles. The summed E-state index contributed by atoms with van der Waals surface area (Å²) in [5.41, 5.74) is 34.6. The smallest absolute Gasteiger partial charge is 0.305 e. The molecule has 0 aliphatic carbocycles. The number of hydrogen-bond acceptors (Lipinski definition) is 27. The lowest BCUT2D eigenvalue weighted by Crippen LogP contribution is -2.62. The van der Waals surface area contributed by atoms with Crippen LogP contribution in [0.3, 0.4) is 0 Å². The summed E-state index contributed by atoms with van der Waals surface area (Å²) < 4.78 is 0. The zero-order valence-electron chi connectivity index (χ0n) is 83.4. The van der Waals surface area contributed by atoms with Gasteiger partial charge in [0.15, 0.2) is 0 Å². The number of nitrogens with one attached hydrogen (secondary N) is 18. The topological polar surface area (TPSA) is 809 Å². The van der Waals surface area contributed by atoms with Crippen molar-refractivity contribution in [1.82, 2.24) is 95.7 Å². The van der Waals surface area contributed by atoms with Gasteiger partial charge in [-0.15, -0.1) is 0 Å². The molecular weight excluding hydrogens is 1850 g/mol. The number of hydrogen-bond donors (Lipinski definition) is 27. The predicted octanol–water partition coefficient (Wildman–Crippen LogP) is -6.77. The summed E-state index contributed by atoms with van der Waals surface area (Å²) in [4.78, 5) is 302. The Morgan fingerprint density at radius 2 is 0.549 bits per heavy atom. The molecule has 794 valence electrons. The fourth-order valence-electron chi connectivity index (χ4n) is 14.4. The van der Waals surface area contributed by atoms with Gasteiger partial charge in [-0.1, -0.05) is 144 Å². The third-order valence-electron chi connectivity index (χ3n) is 22.3. The summed E-state index contributed by atoms with van der Waals surface area (Å²) >= 11 is 0. The Hall–Kier alpha value is -13.4. The van der Waals surface area contributed by atoms with Crippen molar-refractivity contribution in [2.24, 2.45) is 69.9 Å². The monoisotopic (exact) mass is 2010 g/mol. The molecule has 2 aromatic carbocycles. The summed E-state index contributed by atoms with van der Waals surface area (Å²) in [7, 11) is 0. The van der Waals surface area contributed by atoms with Gasteiger partial charge >= 0.3 is 11.9 Å². The van der Waals surface area contributed by atoms with E-state index in [0.717, 1.165) is 0 Å². The number of aliphatic hydroxyl groups excluding tert-OH is 1. The van der Waals surface area contributed by atoms with Gasteiger partial charge in [0, 0.05) is 12.8 Å². The number of unbranched alkanes of at least 4 members (excludes halogenated alkanes) is 3. The van der Waals surface area contributed by atoms with Gasteiger partial charge in [-0.05, 0) is 151 Å². The Balaban J connectivity index is 2.40. The van der Waals surface area contributed by atoms with E-state index in [4.69, 9.17) is 34.4 Å². The Morgan fingerprint density at radius 1 is 0.282 bits per heavy atom. The lowest BCUT2D eigenvalue weighted by atomic mass is 9.98. The van der Waals surface area contributed by atoms with Gasteiger partial charge in [-0.3, -0.25) is 105 Å². The van der Waals surface area contributed by atoms with Crippen LogP contribution in [0.15, 0.2) is 60.7 Å². The van der Waals surface area contributed by atoms with Gasteiger partial charge in [0.2, 0.25) is 118 Å². The van der Waals surface area contributed by atoms with Crippen molar-refractivity contribution in [3.63, 3.8) is 0 Å². The minimum absolute atomic E-state index is 0.00417. The van der Waals surface area contributed by atoms with E-state index < -0.39 is 301 Å². The third kappa shape index (κ3) is 46.8.